The molecule has 0 aromatic heterocycles. The topological polar surface area (TPSA) is 32.3 Å². The number of hydrogen-bond acceptors (Lipinski definition) is 2. The van der Waals surface area contributed by atoms with Crippen LogP contribution in [0.15, 0.2) is 54.6 Å². The molecule has 20 heavy (non-hydrogen) atoms. The van der Waals surface area contributed by atoms with E-state index in [2.05, 4.69) is 12.2 Å². The second-order valence-corrected chi connectivity index (χ2v) is 5.33. The number of benzene rings is 2. The maximum atomic E-state index is 10.4. The first-order valence-electron chi connectivity index (χ1n) is 6.96. The van der Waals surface area contributed by atoms with Gasteiger partial charge in [-0.3, -0.25) is 0 Å². The molecule has 0 unspecified atom stereocenters. The molecule has 0 radical (unpaired) electrons. The molecular weight excluding hydrogens is 270 g/mol. The number of nitrogens with one attached hydrogen (secondary N) is 1. The monoisotopic (exact) mass is 289 g/mol. The molecule has 2 rings (SSSR count). The third-order valence-corrected chi connectivity index (χ3v) is 3.55. The maximum absolute atomic E-state index is 10.4. The van der Waals surface area contributed by atoms with Gasteiger partial charge in [0.25, 0.3) is 0 Å². The smallest absolute Gasteiger partial charge is 0.0783 e. The number of aliphatic hydroxyl groups is 1. The van der Waals surface area contributed by atoms with E-state index in [4.69, 9.17) is 11.6 Å². The van der Waals surface area contributed by atoms with Crippen LogP contribution in [0.2, 0.25) is 5.02 Å². The second kappa shape index (κ2) is 7.32. The highest BCUT2D eigenvalue weighted by Crippen LogP contribution is 2.26. The molecule has 2 N–H and O–H groups in total. The molecule has 106 valence electrons. The van der Waals surface area contributed by atoms with Gasteiger partial charge >= 0.3 is 0 Å². The zero-order chi connectivity index (χ0) is 14.4. The number of para-hydroxylation sites is 1. The first-order valence-corrected chi connectivity index (χ1v) is 7.33. The van der Waals surface area contributed by atoms with E-state index in [1.165, 1.54) is 0 Å². The Morgan fingerprint density at radius 3 is 2.30 bits per heavy atom. The number of anilines is 1. The van der Waals surface area contributed by atoms with Crippen LogP contribution in [0.3, 0.4) is 0 Å². The highest BCUT2D eigenvalue weighted by atomic mass is 35.5. The van der Waals surface area contributed by atoms with Crippen molar-refractivity contribution in [3.8, 4) is 0 Å². The van der Waals surface area contributed by atoms with Gasteiger partial charge in [0.1, 0.15) is 0 Å². The average molecular weight is 290 g/mol. The lowest BCUT2D eigenvalue weighted by Gasteiger charge is -2.25. The summed E-state index contributed by atoms with van der Waals surface area (Å²) in [7, 11) is 0. The van der Waals surface area contributed by atoms with Crippen LogP contribution in [0, 0.1) is 0 Å². The summed E-state index contributed by atoms with van der Waals surface area (Å²) in [5.74, 6) is 0. The first-order chi connectivity index (χ1) is 9.70. The van der Waals surface area contributed by atoms with E-state index in [1.807, 2.05) is 54.6 Å². The molecular formula is C17H20ClNO. The molecule has 0 saturated heterocycles. The van der Waals surface area contributed by atoms with Gasteiger partial charge in [0.2, 0.25) is 0 Å². The Balaban J connectivity index is 2.22. The lowest BCUT2D eigenvalue weighted by Crippen LogP contribution is -2.25. The molecule has 0 fully saturated rings. The van der Waals surface area contributed by atoms with Crippen LogP contribution < -0.4 is 5.32 Å². The van der Waals surface area contributed by atoms with Crippen molar-refractivity contribution in [2.45, 2.75) is 31.9 Å². The second-order valence-electron chi connectivity index (χ2n) is 4.90. The average Bonchev–Trinajstić information content (AvgIpc) is 2.47. The molecule has 0 spiro atoms. The largest absolute Gasteiger partial charge is 0.391 e. The van der Waals surface area contributed by atoms with Gasteiger partial charge in [-0.1, -0.05) is 55.3 Å². The number of hydrogen-bond donors (Lipinski definition) is 2. The van der Waals surface area contributed by atoms with Crippen LogP contribution in [0.25, 0.3) is 0 Å². The quantitative estimate of drug-likeness (QED) is 0.811. The van der Waals surface area contributed by atoms with E-state index in [0.29, 0.717) is 5.02 Å². The third kappa shape index (κ3) is 3.99. The SMILES string of the molecule is CCC[C@H](O)[C@@H](Nc1ccccc1)c1ccc(Cl)cc1. The highest BCUT2D eigenvalue weighted by Gasteiger charge is 2.20. The van der Waals surface area contributed by atoms with Crippen LogP contribution in [-0.4, -0.2) is 11.2 Å². The summed E-state index contributed by atoms with van der Waals surface area (Å²) in [6.07, 6.45) is 1.27. The Kier molecular flexibility index (Phi) is 5.45. The zero-order valence-corrected chi connectivity index (χ0v) is 12.3. The molecule has 0 saturated carbocycles. The number of halogens is 1. The van der Waals surface area contributed by atoms with Gasteiger partial charge in [-0.2, -0.15) is 0 Å². The molecule has 2 nitrogen and oxygen atoms in total. The molecule has 0 aliphatic rings. The lowest BCUT2D eigenvalue weighted by atomic mass is 9.98. The molecule has 0 aliphatic carbocycles. The number of aliphatic hydroxyl groups excluding tert-OH is 1. The molecule has 3 heteroatoms. The van der Waals surface area contributed by atoms with Crippen molar-refractivity contribution in [1.82, 2.24) is 0 Å². The van der Waals surface area contributed by atoms with Crippen LogP contribution in [-0.2, 0) is 0 Å². The summed E-state index contributed by atoms with van der Waals surface area (Å²) in [6.45, 7) is 2.07. The zero-order valence-electron chi connectivity index (χ0n) is 11.6. The van der Waals surface area contributed by atoms with Crippen molar-refractivity contribution < 1.29 is 5.11 Å². The lowest BCUT2D eigenvalue weighted by molar-refractivity contribution is 0.142. The fourth-order valence-electron chi connectivity index (χ4n) is 2.25. The van der Waals surface area contributed by atoms with Crippen LogP contribution in [0.5, 0.6) is 0 Å². The van der Waals surface area contributed by atoms with Gasteiger partial charge in [-0.15, -0.1) is 0 Å². The minimum absolute atomic E-state index is 0.130. The van der Waals surface area contributed by atoms with E-state index < -0.39 is 6.10 Å². The van der Waals surface area contributed by atoms with E-state index in [0.717, 1.165) is 24.1 Å². The van der Waals surface area contributed by atoms with Crippen molar-refractivity contribution in [3.05, 3.63) is 65.2 Å². The predicted octanol–water partition coefficient (Wildman–Crippen LogP) is 4.65. The summed E-state index contributed by atoms with van der Waals surface area (Å²) in [6, 6.07) is 17.4. The van der Waals surface area contributed by atoms with E-state index in [9.17, 15) is 5.11 Å². The van der Waals surface area contributed by atoms with E-state index >= 15 is 0 Å². The van der Waals surface area contributed by atoms with Crippen molar-refractivity contribution in [2.75, 3.05) is 5.32 Å². The minimum Gasteiger partial charge on any atom is -0.391 e. The third-order valence-electron chi connectivity index (χ3n) is 3.29. The van der Waals surface area contributed by atoms with Crippen LogP contribution in [0.1, 0.15) is 31.4 Å². The van der Waals surface area contributed by atoms with Gasteiger partial charge in [0, 0.05) is 10.7 Å². The summed E-state index contributed by atoms with van der Waals surface area (Å²) in [5, 5.41) is 14.5. The summed E-state index contributed by atoms with van der Waals surface area (Å²) < 4.78 is 0. The van der Waals surface area contributed by atoms with Crippen LogP contribution in [0.4, 0.5) is 5.69 Å². The van der Waals surface area contributed by atoms with Crippen molar-refractivity contribution >= 4 is 17.3 Å². The van der Waals surface area contributed by atoms with Crippen molar-refractivity contribution in [3.63, 3.8) is 0 Å². The van der Waals surface area contributed by atoms with Gasteiger partial charge in [0.15, 0.2) is 0 Å². The molecule has 0 bridgehead atoms. The van der Waals surface area contributed by atoms with Crippen molar-refractivity contribution in [1.29, 1.82) is 0 Å². The molecule has 2 aromatic rings. The summed E-state index contributed by atoms with van der Waals surface area (Å²) >= 11 is 5.93. The molecule has 0 amide bonds. The fourth-order valence-corrected chi connectivity index (χ4v) is 2.37. The predicted molar refractivity (Wildman–Crippen MR) is 85.2 cm³/mol. The summed E-state index contributed by atoms with van der Waals surface area (Å²) in [4.78, 5) is 0. The number of rotatable bonds is 6. The Hall–Kier alpha value is -1.51. The Bertz CT molecular complexity index is 512. The van der Waals surface area contributed by atoms with Crippen molar-refractivity contribution in [2.24, 2.45) is 0 Å². The standard InChI is InChI=1S/C17H20ClNO/c1-2-6-16(20)17(13-9-11-14(18)12-10-13)19-15-7-4-3-5-8-15/h3-5,7-12,16-17,19-20H,2,6H2,1H3/t16-,17-/m0/s1. The van der Waals surface area contributed by atoms with Crippen LogP contribution >= 0.6 is 11.6 Å². The Morgan fingerprint density at radius 2 is 1.70 bits per heavy atom. The molecule has 2 aromatic carbocycles. The fraction of sp³-hybridized carbons (Fsp3) is 0.294. The van der Waals surface area contributed by atoms with Gasteiger partial charge in [-0.25, -0.2) is 0 Å². The molecule has 0 aliphatic heterocycles. The van der Waals surface area contributed by atoms with E-state index in [1.54, 1.807) is 0 Å². The molecule has 0 heterocycles. The Morgan fingerprint density at radius 1 is 1.05 bits per heavy atom. The van der Waals surface area contributed by atoms with E-state index in [-0.39, 0.29) is 6.04 Å². The first kappa shape index (κ1) is 14.9. The van der Waals surface area contributed by atoms with Gasteiger partial charge in [0.05, 0.1) is 12.1 Å². The van der Waals surface area contributed by atoms with Gasteiger partial charge < -0.3 is 10.4 Å². The maximum Gasteiger partial charge on any atom is 0.0783 e. The summed E-state index contributed by atoms with van der Waals surface area (Å²) in [5.41, 5.74) is 2.04. The normalized spacial score (nSPS) is 13.8. The Labute approximate surface area is 125 Å². The highest BCUT2D eigenvalue weighted by molar-refractivity contribution is 6.30. The molecule has 2 atom stereocenters. The minimum atomic E-state index is -0.429. The van der Waals surface area contributed by atoms with Gasteiger partial charge in [-0.05, 0) is 36.2 Å².